The van der Waals surface area contributed by atoms with Crippen molar-refractivity contribution in [3.63, 3.8) is 0 Å². The molecule has 0 spiro atoms. The number of carbonyl (C=O) groups is 1. The van der Waals surface area contributed by atoms with Crippen molar-refractivity contribution in [2.45, 2.75) is 25.7 Å². The highest BCUT2D eigenvalue weighted by Gasteiger charge is 2.33. The lowest BCUT2D eigenvalue weighted by Gasteiger charge is -2.33. The minimum absolute atomic E-state index is 0.0405. The average Bonchev–Trinajstić information content (AvgIpc) is 2.53. The van der Waals surface area contributed by atoms with Crippen LogP contribution in [0.15, 0.2) is 11.0 Å². The number of aryl methyl sites for hydroxylation is 1. The lowest BCUT2D eigenvalue weighted by atomic mass is 10.2. The second kappa shape index (κ2) is 7.47. The Morgan fingerprint density at radius 3 is 2.33 bits per heavy atom. The summed E-state index contributed by atoms with van der Waals surface area (Å²) in [5.74, 6) is 0. The number of halogens is 2. The Kier molecular flexibility index (Phi) is 6.01. The second-order valence-electron chi connectivity index (χ2n) is 5.53. The molecule has 1 aliphatic rings. The minimum atomic E-state index is -3.79. The predicted octanol–water partition coefficient (Wildman–Crippen LogP) is 3.07. The summed E-state index contributed by atoms with van der Waals surface area (Å²) in [4.78, 5) is 13.3. The number of sulfonamides is 1. The molecular weight excluding hydrogens is 375 g/mol. The Bertz CT molecular complexity index is 718. The van der Waals surface area contributed by atoms with Crippen molar-refractivity contribution in [1.82, 2.24) is 9.21 Å². The highest BCUT2D eigenvalue weighted by atomic mass is 35.5. The zero-order valence-electron chi connectivity index (χ0n) is 13.8. The first-order valence-electron chi connectivity index (χ1n) is 7.57. The summed E-state index contributed by atoms with van der Waals surface area (Å²) in [5, 5.41) is 0.547. The summed E-state index contributed by atoms with van der Waals surface area (Å²) in [7, 11) is -3.79. The van der Waals surface area contributed by atoms with Gasteiger partial charge >= 0.3 is 6.09 Å². The fourth-order valence-corrected chi connectivity index (χ4v) is 5.16. The van der Waals surface area contributed by atoms with Crippen molar-refractivity contribution in [1.29, 1.82) is 0 Å². The van der Waals surface area contributed by atoms with Gasteiger partial charge < -0.3 is 9.64 Å². The topological polar surface area (TPSA) is 66.9 Å². The lowest BCUT2D eigenvalue weighted by molar-refractivity contribution is 0.0934. The molecule has 0 saturated carbocycles. The summed E-state index contributed by atoms with van der Waals surface area (Å²) in [5.41, 5.74) is 1.04. The van der Waals surface area contributed by atoms with Gasteiger partial charge in [-0.15, -0.1) is 0 Å². The van der Waals surface area contributed by atoms with E-state index in [1.165, 1.54) is 9.21 Å². The van der Waals surface area contributed by atoms with Crippen LogP contribution in [-0.2, 0) is 14.8 Å². The molecule has 6 nitrogen and oxygen atoms in total. The molecule has 0 aliphatic carbocycles. The second-order valence-corrected chi connectivity index (χ2v) is 8.19. The van der Waals surface area contributed by atoms with Gasteiger partial charge in [0.25, 0.3) is 0 Å². The molecule has 2 rings (SSSR count). The molecule has 24 heavy (non-hydrogen) atoms. The zero-order chi connectivity index (χ0) is 18.1. The maximum absolute atomic E-state index is 13.0. The SMILES string of the molecule is CCOC(=O)N1CCN(S(=O)(=O)c2c(C)c(Cl)cc(C)c2Cl)CC1. The first kappa shape index (κ1) is 19.3. The van der Waals surface area contributed by atoms with Gasteiger partial charge in [0.1, 0.15) is 4.90 Å². The molecular formula is C15H20Cl2N2O4S. The predicted molar refractivity (Wildman–Crippen MR) is 93.3 cm³/mol. The number of hydrogen-bond donors (Lipinski definition) is 0. The number of hydrogen-bond acceptors (Lipinski definition) is 4. The maximum atomic E-state index is 13.0. The zero-order valence-corrected chi connectivity index (χ0v) is 16.1. The van der Waals surface area contributed by atoms with E-state index in [4.69, 9.17) is 27.9 Å². The molecule has 0 bridgehead atoms. The number of ether oxygens (including phenoxy) is 1. The number of nitrogens with zero attached hydrogens (tertiary/aromatic N) is 2. The van der Waals surface area contributed by atoms with Gasteiger partial charge in [0.05, 0.1) is 11.6 Å². The summed E-state index contributed by atoms with van der Waals surface area (Å²) in [6, 6.07) is 1.65. The molecule has 1 saturated heterocycles. The number of rotatable bonds is 3. The van der Waals surface area contributed by atoms with E-state index in [1.807, 2.05) is 0 Å². The van der Waals surface area contributed by atoms with Crippen molar-refractivity contribution in [3.8, 4) is 0 Å². The molecule has 134 valence electrons. The Morgan fingerprint density at radius 1 is 1.21 bits per heavy atom. The summed E-state index contributed by atoms with van der Waals surface area (Å²) in [6.07, 6.45) is -0.428. The van der Waals surface area contributed by atoms with E-state index in [0.29, 0.717) is 16.1 Å². The molecule has 1 aliphatic heterocycles. The Hall–Kier alpha value is -1.02. The van der Waals surface area contributed by atoms with Gasteiger partial charge in [-0.05, 0) is 38.0 Å². The van der Waals surface area contributed by atoms with Crippen LogP contribution in [0.2, 0.25) is 10.0 Å². The van der Waals surface area contributed by atoms with Crippen LogP contribution >= 0.6 is 23.2 Å². The summed E-state index contributed by atoms with van der Waals surface area (Å²) >= 11 is 12.4. The van der Waals surface area contributed by atoms with E-state index < -0.39 is 16.1 Å². The van der Waals surface area contributed by atoms with E-state index in [2.05, 4.69) is 0 Å². The third-order valence-corrected chi connectivity index (χ3v) is 7.01. The molecule has 0 unspecified atom stereocenters. The Balaban J connectivity index is 2.26. The largest absolute Gasteiger partial charge is 0.450 e. The summed E-state index contributed by atoms with van der Waals surface area (Å²) < 4.78 is 32.2. The minimum Gasteiger partial charge on any atom is -0.450 e. The van der Waals surface area contributed by atoms with Crippen molar-refractivity contribution in [2.24, 2.45) is 0 Å². The molecule has 0 N–H and O–H groups in total. The summed E-state index contributed by atoms with van der Waals surface area (Å²) in [6.45, 7) is 6.27. The third kappa shape index (κ3) is 3.64. The van der Waals surface area contributed by atoms with E-state index in [1.54, 1.807) is 26.8 Å². The van der Waals surface area contributed by atoms with Crippen molar-refractivity contribution in [2.75, 3.05) is 32.8 Å². The maximum Gasteiger partial charge on any atom is 0.409 e. The van der Waals surface area contributed by atoms with E-state index >= 15 is 0 Å². The normalized spacial score (nSPS) is 16.3. The molecule has 0 atom stereocenters. The van der Waals surface area contributed by atoms with E-state index in [9.17, 15) is 13.2 Å². The molecule has 1 heterocycles. The fourth-order valence-electron chi connectivity index (χ4n) is 2.58. The average molecular weight is 395 g/mol. The molecule has 1 amide bonds. The third-order valence-electron chi connectivity index (χ3n) is 3.95. The number of benzene rings is 1. The van der Waals surface area contributed by atoms with Gasteiger partial charge in [-0.3, -0.25) is 0 Å². The number of amides is 1. The van der Waals surface area contributed by atoms with Crippen molar-refractivity contribution < 1.29 is 17.9 Å². The van der Waals surface area contributed by atoms with E-state index in [-0.39, 0.29) is 42.7 Å². The number of carbonyl (C=O) groups excluding carboxylic acids is 1. The van der Waals surface area contributed by atoms with E-state index in [0.717, 1.165) is 0 Å². The quantitative estimate of drug-likeness (QED) is 0.789. The number of piperazine rings is 1. The van der Waals surface area contributed by atoms with Crippen LogP contribution in [-0.4, -0.2) is 56.5 Å². The van der Waals surface area contributed by atoms with Crippen LogP contribution in [0.5, 0.6) is 0 Å². The first-order valence-corrected chi connectivity index (χ1v) is 9.76. The van der Waals surface area contributed by atoms with Crippen LogP contribution in [0, 0.1) is 13.8 Å². The fraction of sp³-hybridized carbons (Fsp3) is 0.533. The van der Waals surface area contributed by atoms with Crippen LogP contribution in [0.4, 0.5) is 4.79 Å². The highest BCUT2D eigenvalue weighted by Crippen LogP contribution is 2.35. The van der Waals surface area contributed by atoms with Crippen LogP contribution in [0.1, 0.15) is 18.1 Å². The van der Waals surface area contributed by atoms with Crippen LogP contribution in [0.25, 0.3) is 0 Å². The molecule has 1 fully saturated rings. The van der Waals surface area contributed by atoms with Crippen LogP contribution in [0.3, 0.4) is 0 Å². The van der Waals surface area contributed by atoms with Gasteiger partial charge in [0.15, 0.2) is 0 Å². The van der Waals surface area contributed by atoms with Gasteiger partial charge in [-0.25, -0.2) is 13.2 Å². The molecule has 1 aromatic rings. The smallest absolute Gasteiger partial charge is 0.409 e. The van der Waals surface area contributed by atoms with Crippen molar-refractivity contribution in [3.05, 3.63) is 27.2 Å². The molecule has 0 radical (unpaired) electrons. The monoisotopic (exact) mass is 394 g/mol. The molecule has 9 heteroatoms. The van der Waals surface area contributed by atoms with Crippen molar-refractivity contribution >= 4 is 39.3 Å². The first-order chi connectivity index (χ1) is 11.2. The van der Waals surface area contributed by atoms with Gasteiger partial charge in [-0.1, -0.05) is 23.2 Å². The highest BCUT2D eigenvalue weighted by molar-refractivity contribution is 7.89. The van der Waals surface area contributed by atoms with Gasteiger partial charge in [-0.2, -0.15) is 4.31 Å². The van der Waals surface area contributed by atoms with Crippen LogP contribution < -0.4 is 0 Å². The Morgan fingerprint density at radius 2 is 1.79 bits per heavy atom. The van der Waals surface area contributed by atoms with Gasteiger partial charge in [0, 0.05) is 31.2 Å². The van der Waals surface area contributed by atoms with Gasteiger partial charge in [0.2, 0.25) is 10.0 Å². The standard InChI is InChI=1S/C15H20Cl2N2O4S/c1-4-23-15(20)18-5-7-19(8-6-18)24(21,22)14-11(3)12(16)9-10(2)13(14)17/h9H,4-8H2,1-3H3. The molecule has 0 aromatic heterocycles. The lowest BCUT2D eigenvalue weighted by Crippen LogP contribution is -2.50. The Labute approximate surface area is 152 Å². The molecule has 1 aromatic carbocycles.